The highest BCUT2D eigenvalue weighted by Gasteiger charge is 2.08. The maximum Gasteiger partial charge on any atom is 0.322 e. The van der Waals surface area contributed by atoms with E-state index in [2.05, 4.69) is 44.8 Å². The molecule has 106 valence electrons. The molecule has 0 saturated carbocycles. The molecule has 7 nitrogen and oxygen atoms in total. The van der Waals surface area contributed by atoms with E-state index >= 15 is 0 Å². The molecule has 0 aliphatic carbocycles. The van der Waals surface area contributed by atoms with Crippen molar-refractivity contribution in [1.29, 1.82) is 0 Å². The van der Waals surface area contributed by atoms with E-state index in [1.807, 2.05) is 18.2 Å². The van der Waals surface area contributed by atoms with Gasteiger partial charge in [0.15, 0.2) is 0 Å². The summed E-state index contributed by atoms with van der Waals surface area (Å²) in [4.78, 5) is 12.2. The van der Waals surface area contributed by atoms with Gasteiger partial charge in [0.1, 0.15) is 0 Å². The number of hydrogen-bond acceptors (Lipinski definition) is 7. The number of benzene rings is 1. The largest absolute Gasteiger partial charge is 0.467 e. The predicted octanol–water partition coefficient (Wildman–Crippen LogP) is 1.38. The van der Waals surface area contributed by atoms with Crippen molar-refractivity contribution in [2.45, 2.75) is 12.8 Å². The molecule has 0 radical (unpaired) electrons. The normalized spacial score (nSPS) is 11.8. The van der Waals surface area contributed by atoms with Gasteiger partial charge in [-0.1, -0.05) is 37.3 Å². The maximum absolute atomic E-state index is 5.30. The zero-order valence-electron chi connectivity index (χ0n) is 11.5. The van der Waals surface area contributed by atoms with Crippen LogP contribution in [0.15, 0.2) is 30.3 Å². The standard InChI is InChI=1S/C13H18N6O/c1-9(10-6-4-3-5-7-10)8-15-11-16-12(19-14)18-13(17-11)20-2/h3-7,9H,8,14H2,1-2H3,(H2,15,16,17,18,19). The number of nitrogen functional groups attached to an aromatic ring is 1. The van der Waals surface area contributed by atoms with Gasteiger partial charge in [0.2, 0.25) is 11.9 Å². The highest BCUT2D eigenvalue weighted by Crippen LogP contribution is 2.16. The van der Waals surface area contributed by atoms with E-state index in [1.54, 1.807) is 0 Å². The van der Waals surface area contributed by atoms with Crippen LogP contribution in [0.4, 0.5) is 11.9 Å². The molecular weight excluding hydrogens is 256 g/mol. The second-order valence-corrected chi connectivity index (χ2v) is 4.31. The highest BCUT2D eigenvalue weighted by atomic mass is 16.5. The Balaban J connectivity index is 2.03. The molecule has 0 aliphatic heterocycles. The SMILES string of the molecule is COc1nc(NN)nc(NCC(C)c2ccccc2)n1. The van der Waals surface area contributed by atoms with Gasteiger partial charge in [-0.05, 0) is 11.5 Å². The van der Waals surface area contributed by atoms with E-state index in [4.69, 9.17) is 10.6 Å². The van der Waals surface area contributed by atoms with E-state index in [9.17, 15) is 0 Å². The Morgan fingerprint density at radius 1 is 1.15 bits per heavy atom. The van der Waals surface area contributed by atoms with Gasteiger partial charge in [-0.15, -0.1) is 0 Å². The van der Waals surface area contributed by atoms with Crippen molar-refractivity contribution in [3.63, 3.8) is 0 Å². The number of rotatable bonds is 6. The summed E-state index contributed by atoms with van der Waals surface area (Å²) >= 11 is 0. The molecule has 1 aromatic carbocycles. The molecule has 0 saturated heterocycles. The van der Waals surface area contributed by atoms with Gasteiger partial charge in [-0.25, -0.2) is 5.84 Å². The Hall–Kier alpha value is -2.41. The molecule has 0 spiro atoms. The van der Waals surface area contributed by atoms with Crippen LogP contribution in [-0.4, -0.2) is 28.6 Å². The first kappa shape index (κ1) is 14.0. The average molecular weight is 274 g/mol. The molecule has 0 bridgehead atoms. The number of nitrogens with zero attached hydrogens (tertiary/aromatic N) is 3. The number of anilines is 2. The summed E-state index contributed by atoms with van der Waals surface area (Å²) in [5.74, 6) is 6.31. The Labute approximate surface area is 117 Å². The summed E-state index contributed by atoms with van der Waals surface area (Å²) in [6, 6.07) is 10.4. The highest BCUT2D eigenvalue weighted by molar-refractivity contribution is 5.35. The van der Waals surface area contributed by atoms with Crippen LogP contribution in [-0.2, 0) is 0 Å². The number of hydrazine groups is 1. The quantitative estimate of drug-likeness (QED) is 0.540. The third-order valence-corrected chi connectivity index (χ3v) is 2.86. The van der Waals surface area contributed by atoms with Crippen LogP contribution in [0.1, 0.15) is 18.4 Å². The van der Waals surface area contributed by atoms with E-state index in [0.29, 0.717) is 18.4 Å². The third-order valence-electron chi connectivity index (χ3n) is 2.86. The van der Waals surface area contributed by atoms with Crippen LogP contribution >= 0.6 is 0 Å². The van der Waals surface area contributed by atoms with Gasteiger partial charge in [0, 0.05) is 6.54 Å². The fourth-order valence-corrected chi connectivity index (χ4v) is 1.74. The van der Waals surface area contributed by atoms with Crippen molar-refractivity contribution >= 4 is 11.9 Å². The van der Waals surface area contributed by atoms with Crippen molar-refractivity contribution in [3.8, 4) is 6.01 Å². The smallest absolute Gasteiger partial charge is 0.322 e. The van der Waals surface area contributed by atoms with Gasteiger partial charge in [0.05, 0.1) is 7.11 Å². The average Bonchev–Trinajstić information content (AvgIpc) is 2.53. The van der Waals surface area contributed by atoms with Gasteiger partial charge in [0.25, 0.3) is 0 Å². The lowest BCUT2D eigenvalue weighted by Crippen LogP contribution is -2.16. The second kappa shape index (κ2) is 6.67. The maximum atomic E-state index is 5.30. The van der Waals surface area contributed by atoms with Crippen molar-refractivity contribution < 1.29 is 4.74 Å². The summed E-state index contributed by atoms with van der Waals surface area (Å²) in [6.07, 6.45) is 0. The lowest BCUT2D eigenvalue weighted by molar-refractivity contribution is 0.379. The van der Waals surface area contributed by atoms with Crippen molar-refractivity contribution in [3.05, 3.63) is 35.9 Å². The van der Waals surface area contributed by atoms with Crippen LogP contribution < -0.4 is 21.3 Å². The Morgan fingerprint density at radius 2 is 1.85 bits per heavy atom. The van der Waals surface area contributed by atoms with Crippen molar-refractivity contribution in [2.24, 2.45) is 5.84 Å². The minimum Gasteiger partial charge on any atom is -0.467 e. The number of methoxy groups -OCH3 is 1. The fourth-order valence-electron chi connectivity index (χ4n) is 1.74. The van der Waals surface area contributed by atoms with Crippen LogP contribution in [0.5, 0.6) is 6.01 Å². The van der Waals surface area contributed by atoms with E-state index < -0.39 is 0 Å². The van der Waals surface area contributed by atoms with Crippen molar-refractivity contribution in [1.82, 2.24) is 15.0 Å². The molecule has 1 atom stereocenters. The number of nitrogens with two attached hydrogens (primary N) is 1. The van der Waals surface area contributed by atoms with E-state index in [1.165, 1.54) is 12.7 Å². The monoisotopic (exact) mass is 274 g/mol. The molecule has 1 heterocycles. The topological polar surface area (TPSA) is 98.0 Å². The Bertz CT molecular complexity index is 526. The predicted molar refractivity (Wildman–Crippen MR) is 77.5 cm³/mol. The minimum atomic E-state index is 0.211. The summed E-state index contributed by atoms with van der Waals surface area (Å²) in [7, 11) is 1.49. The molecule has 0 amide bonds. The molecule has 1 aromatic heterocycles. The molecule has 7 heteroatoms. The molecule has 2 rings (SSSR count). The Morgan fingerprint density at radius 3 is 2.50 bits per heavy atom. The first-order valence-corrected chi connectivity index (χ1v) is 6.28. The minimum absolute atomic E-state index is 0.211. The molecular formula is C13H18N6O. The van der Waals surface area contributed by atoms with Crippen LogP contribution in [0.3, 0.4) is 0 Å². The summed E-state index contributed by atoms with van der Waals surface area (Å²) in [5.41, 5.74) is 3.63. The van der Waals surface area contributed by atoms with E-state index in [-0.39, 0.29) is 12.0 Å². The molecule has 20 heavy (non-hydrogen) atoms. The molecule has 0 fully saturated rings. The molecule has 4 N–H and O–H groups in total. The van der Waals surface area contributed by atoms with E-state index in [0.717, 1.165) is 0 Å². The summed E-state index contributed by atoms with van der Waals surface area (Å²) < 4.78 is 4.99. The van der Waals surface area contributed by atoms with Crippen molar-refractivity contribution in [2.75, 3.05) is 24.4 Å². The van der Waals surface area contributed by atoms with Gasteiger partial charge < -0.3 is 10.1 Å². The van der Waals surface area contributed by atoms with Crippen LogP contribution in [0.2, 0.25) is 0 Å². The zero-order chi connectivity index (χ0) is 14.4. The number of ether oxygens (including phenoxy) is 1. The number of nitrogens with one attached hydrogen (secondary N) is 2. The van der Waals surface area contributed by atoms with Crippen LogP contribution in [0, 0.1) is 0 Å². The second-order valence-electron chi connectivity index (χ2n) is 4.31. The number of aromatic nitrogens is 3. The van der Waals surface area contributed by atoms with Gasteiger partial charge in [-0.2, -0.15) is 15.0 Å². The number of hydrogen-bond donors (Lipinski definition) is 3. The van der Waals surface area contributed by atoms with Gasteiger partial charge in [-0.3, -0.25) is 5.43 Å². The lowest BCUT2D eigenvalue weighted by atomic mass is 10.0. The van der Waals surface area contributed by atoms with Crippen LogP contribution in [0.25, 0.3) is 0 Å². The first-order valence-electron chi connectivity index (χ1n) is 6.28. The Kier molecular flexibility index (Phi) is 4.67. The first-order chi connectivity index (χ1) is 9.72. The summed E-state index contributed by atoms with van der Waals surface area (Å²) in [6.45, 7) is 2.82. The fraction of sp³-hybridized carbons (Fsp3) is 0.308. The molecule has 1 unspecified atom stereocenters. The summed E-state index contributed by atoms with van der Waals surface area (Å²) in [5, 5.41) is 3.15. The van der Waals surface area contributed by atoms with Gasteiger partial charge >= 0.3 is 6.01 Å². The molecule has 2 aromatic rings. The lowest BCUT2D eigenvalue weighted by Gasteiger charge is -2.13. The third kappa shape index (κ3) is 3.55. The molecule has 0 aliphatic rings. The zero-order valence-corrected chi connectivity index (χ0v) is 11.5.